The van der Waals surface area contributed by atoms with Crippen LogP contribution in [-0.4, -0.2) is 26.2 Å². The highest BCUT2D eigenvalue weighted by atomic mass is 16.5. The molecular formula is C20H19NO3. The molecule has 0 spiro atoms. The van der Waals surface area contributed by atoms with Gasteiger partial charge in [-0.25, -0.2) is 0 Å². The highest BCUT2D eigenvalue weighted by Crippen LogP contribution is 2.23. The first-order valence-corrected chi connectivity index (χ1v) is 7.79. The summed E-state index contributed by atoms with van der Waals surface area (Å²) in [6.07, 6.45) is 0. The molecule has 0 aliphatic heterocycles. The zero-order chi connectivity index (χ0) is 16.8. The molecular weight excluding hydrogens is 302 g/mol. The number of methoxy groups -OCH3 is 1. The average molecular weight is 321 g/mol. The van der Waals surface area contributed by atoms with Gasteiger partial charge in [-0.15, -0.1) is 0 Å². The van der Waals surface area contributed by atoms with Crippen molar-refractivity contribution in [1.82, 2.24) is 0 Å². The van der Waals surface area contributed by atoms with Crippen LogP contribution in [0, 0.1) is 0 Å². The van der Waals surface area contributed by atoms with Crippen LogP contribution in [0.4, 0.5) is 5.69 Å². The molecule has 0 aliphatic carbocycles. The summed E-state index contributed by atoms with van der Waals surface area (Å²) in [4.78, 5) is 12.5. The molecule has 0 atom stereocenters. The summed E-state index contributed by atoms with van der Waals surface area (Å²) in [7, 11) is 1.63. The number of rotatable bonds is 6. The van der Waals surface area contributed by atoms with Gasteiger partial charge in [-0.05, 0) is 35.7 Å². The van der Waals surface area contributed by atoms with Crippen molar-refractivity contribution in [3.05, 3.63) is 72.3 Å². The number of ether oxygens (including phenoxy) is 2. The van der Waals surface area contributed by atoms with E-state index in [1.54, 1.807) is 31.4 Å². The molecule has 0 bridgehead atoms. The van der Waals surface area contributed by atoms with Crippen molar-refractivity contribution in [3.63, 3.8) is 0 Å². The van der Waals surface area contributed by atoms with Gasteiger partial charge in [-0.2, -0.15) is 0 Å². The van der Waals surface area contributed by atoms with Crippen molar-refractivity contribution in [1.29, 1.82) is 0 Å². The third-order valence-corrected chi connectivity index (χ3v) is 3.71. The van der Waals surface area contributed by atoms with E-state index in [4.69, 9.17) is 9.47 Å². The van der Waals surface area contributed by atoms with Crippen LogP contribution in [0.2, 0.25) is 0 Å². The van der Waals surface area contributed by atoms with E-state index in [1.165, 1.54) is 0 Å². The van der Waals surface area contributed by atoms with E-state index >= 15 is 0 Å². The average Bonchev–Trinajstić information content (AvgIpc) is 2.63. The predicted molar refractivity (Wildman–Crippen MR) is 95.7 cm³/mol. The summed E-state index contributed by atoms with van der Waals surface area (Å²) in [5.74, 6) is 0.573. The van der Waals surface area contributed by atoms with Crippen LogP contribution in [0.1, 0.15) is 10.4 Å². The predicted octanol–water partition coefficient (Wildman–Crippen LogP) is 4.12. The molecule has 0 unspecified atom stereocenters. The number of nitrogens with one attached hydrogen (secondary N) is 1. The molecule has 3 aromatic carbocycles. The van der Waals surface area contributed by atoms with Gasteiger partial charge in [0.05, 0.1) is 6.61 Å². The van der Waals surface area contributed by atoms with Gasteiger partial charge in [0.15, 0.2) is 0 Å². The molecule has 24 heavy (non-hydrogen) atoms. The molecule has 122 valence electrons. The van der Waals surface area contributed by atoms with Gasteiger partial charge in [0.1, 0.15) is 12.4 Å². The number of hydrogen-bond donors (Lipinski definition) is 1. The van der Waals surface area contributed by atoms with E-state index < -0.39 is 0 Å². The number of benzene rings is 3. The lowest BCUT2D eigenvalue weighted by atomic mass is 10.1. The summed E-state index contributed by atoms with van der Waals surface area (Å²) in [6, 6.07) is 20.9. The Bertz CT molecular complexity index is 822. The molecule has 0 saturated carbocycles. The number of carbonyl (C=O) groups is 1. The first-order chi connectivity index (χ1) is 11.8. The molecule has 0 saturated heterocycles. The number of fused-ring (bicyclic) bond motifs is 1. The van der Waals surface area contributed by atoms with Crippen molar-refractivity contribution in [2.24, 2.45) is 0 Å². The normalized spacial score (nSPS) is 10.5. The molecule has 0 fully saturated rings. The standard InChI is InChI=1S/C20H19NO3/c1-23-13-14-24-17-11-9-16(10-12-17)20(22)21-19-8-4-6-15-5-2-3-7-18(15)19/h2-12H,13-14H2,1H3,(H,21,22). The van der Waals surface area contributed by atoms with Crippen molar-refractivity contribution < 1.29 is 14.3 Å². The molecule has 0 heterocycles. The van der Waals surface area contributed by atoms with Crippen LogP contribution in [0.3, 0.4) is 0 Å². The number of carbonyl (C=O) groups excluding carboxylic acids is 1. The Balaban J connectivity index is 1.72. The summed E-state index contributed by atoms with van der Waals surface area (Å²) in [5, 5.41) is 5.09. The fourth-order valence-electron chi connectivity index (χ4n) is 2.47. The van der Waals surface area contributed by atoms with Gasteiger partial charge in [0.2, 0.25) is 0 Å². The molecule has 3 aromatic rings. The second-order valence-electron chi connectivity index (χ2n) is 5.35. The number of anilines is 1. The van der Waals surface area contributed by atoms with Crippen molar-refractivity contribution in [2.45, 2.75) is 0 Å². The first-order valence-electron chi connectivity index (χ1n) is 7.79. The Labute approximate surface area is 141 Å². The molecule has 3 rings (SSSR count). The third kappa shape index (κ3) is 3.73. The van der Waals surface area contributed by atoms with E-state index in [2.05, 4.69) is 5.32 Å². The van der Waals surface area contributed by atoms with Crippen LogP contribution in [0.25, 0.3) is 10.8 Å². The van der Waals surface area contributed by atoms with Crippen LogP contribution in [0.15, 0.2) is 66.7 Å². The minimum absolute atomic E-state index is 0.144. The van der Waals surface area contributed by atoms with Crippen LogP contribution in [-0.2, 0) is 4.74 Å². The van der Waals surface area contributed by atoms with Crippen molar-refractivity contribution >= 4 is 22.4 Å². The van der Waals surface area contributed by atoms with Crippen LogP contribution >= 0.6 is 0 Å². The van der Waals surface area contributed by atoms with Gasteiger partial charge in [-0.1, -0.05) is 36.4 Å². The van der Waals surface area contributed by atoms with E-state index in [1.807, 2.05) is 42.5 Å². The maximum atomic E-state index is 12.5. The Morgan fingerprint density at radius 1 is 0.917 bits per heavy atom. The molecule has 1 N–H and O–H groups in total. The summed E-state index contributed by atoms with van der Waals surface area (Å²) >= 11 is 0. The molecule has 0 radical (unpaired) electrons. The fraction of sp³-hybridized carbons (Fsp3) is 0.150. The lowest BCUT2D eigenvalue weighted by Crippen LogP contribution is -2.12. The maximum Gasteiger partial charge on any atom is 0.255 e. The SMILES string of the molecule is COCCOc1ccc(C(=O)Nc2cccc3ccccc23)cc1. The first kappa shape index (κ1) is 16.0. The highest BCUT2D eigenvalue weighted by molar-refractivity contribution is 6.09. The second-order valence-corrected chi connectivity index (χ2v) is 5.35. The van der Waals surface area contributed by atoms with E-state index in [0.29, 0.717) is 24.5 Å². The Hall–Kier alpha value is -2.85. The van der Waals surface area contributed by atoms with Gasteiger partial charge >= 0.3 is 0 Å². The Kier molecular flexibility index (Phi) is 5.08. The summed E-state index contributed by atoms with van der Waals surface area (Å²) in [5.41, 5.74) is 1.39. The van der Waals surface area contributed by atoms with Crippen molar-refractivity contribution in [3.8, 4) is 5.75 Å². The molecule has 0 aliphatic rings. The summed E-state index contributed by atoms with van der Waals surface area (Å²) < 4.78 is 10.4. The van der Waals surface area contributed by atoms with Gasteiger partial charge < -0.3 is 14.8 Å². The van der Waals surface area contributed by atoms with E-state index in [9.17, 15) is 4.79 Å². The third-order valence-electron chi connectivity index (χ3n) is 3.71. The van der Waals surface area contributed by atoms with Crippen molar-refractivity contribution in [2.75, 3.05) is 25.6 Å². The Morgan fingerprint density at radius 3 is 2.46 bits per heavy atom. The zero-order valence-electron chi connectivity index (χ0n) is 13.5. The lowest BCUT2D eigenvalue weighted by molar-refractivity contribution is 0.102. The second kappa shape index (κ2) is 7.62. The largest absolute Gasteiger partial charge is 0.491 e. The van der Waals surface area contributed by atoms with Crippen LogP contribution in [0.5, 0.6) is 5.75 Å². The number of amides is 1. The van der Waals surface area contributed by atoms with Gasteiger partial charge in [0.25, 0.3) is 5.91 Å². The monoisotopic (exact) mass is 321 g/mol. The zero-order valence-corrected chi connectivity index (χ0v) is 13.5. The molecule has 4 nitrogen and oxygen atoms in total. The van der Waals surface area contributed by atoms with Crippen LogP contribution < -0.4 is 10.1 Å². The molecule has 1 amide bonds. The lowest BCUT2D eigenvalue weighted by Gasteiger charge is -2.10. The summed E-state index contributed by atoms with van der Waals surface area (Å²) in [6.45, 7) is 1.02. The quantitative estimate of drug-likeness (QED) is 0.695. The van der Waals surface area contributed by atoms with Gasteiger partial charge in [-0.3, -0.25) is 4.79 Å². The molecule has 0 aromatic heterocycles. The minimum atomic E-state index is -0.144. The number of hydrogen-bond acceptors (Lipinski definition) is 3. The topological polar surface area (TPSA) is 47.6 Å². The van der Waals surface area contributed by atoms with E-state index in [0.717, 1.165) is 16.5 Å². The fourth-order valence-corrected chi connectivity index (χ4v) is 2.47. The minimum Gasteiger partial charge on any atom is -0.491 e. The highest BCUT2D eigenvalue weighted by Gasteiger charge is 2.08. The maximum absolute atomic E-state index is 12.5. The van der Waals surface area contributed by atoms with E-state index in [-0.39, 0.29) is 5.91 Å². The Morgan fingerprint density at radius 2 is 1.67 bits per heavy atom. The molecule has 4 heteroatoms. The van der Waals surface area contributed by atoms with Gasteiger partial charge in [0, 0.05) is 23.7 Å². The smallest absolute Gasteiger partial charge is 0.255 e.